The summed E-state index contributed by atoms with van der Waals surface area (Å²) in [5.41, 5.74) is 5.35. The summed E-state index contributed by atoms with van der Waals surface area (Å²) in [4.78, 5) is 1.33. The molecule has 0 radical (unpaired) electrons. The molecule has 0 aliphatic heterocycles. The third-order valence-corrected chi connectivity index (χ3v) is 1.21. The number of aromatic nitrogens is 3. The van der Waals surface area contributed by atoms with Gasteiger partial charge in [-0.05, 0) is 6.07 Å². The zero-order valence-electron chi connectivity index (χ0n) is 5.64. The average molecular weight is 150 g/mol. The van der Waals surface area contributed by atoms with Gasteiger partial charge in [-0.1, -0.05) is 0 Å². The standard InChI is InChI=1S/C6H6N4O/c7-5-4-8-10(9-5)6-2-1-3-11-6/h1-4H,(H2,7,9). The lowest BCUT2D eigenvalue weighted by Gasteiger charge is -1.89. The van der Waals surface area contributed by atoms with E-state index >= 15 is 0 Å². The van der Waals surface area contributed by atoms with Gasteiger partial charge in [-0.3, -0.25) is 0 Å². The molecule has 0 spiro atoms. The molecule has 2 aromatic heterocycles. The van der Waals surface area contributed by atoms with Gasteiger partial charge in [0.25, 0.3) is 0 Å². The predicted molar refractivity (Wildman–Crippen MR) is 38.0 cm³/mol. The van der Waals surface area contributed by atoms with Crippen molar-refractivity contribution in [2.75, 3.05) is 5.73 Å². The van der Waals surface area contributed by atoms with Crippen LogP contribution >= 0.6 is 0 Å². The van der Waals surface area contributed by atoms with Gasteiger partial charge >= 0.3 is 0 Å². The molecule has 0 saturated heterocycles. The summed E-state index contributed by atoms with van der Waals surface area (Å²) in [6.07, 6.45) is 3.01. The molecule has 2 heterocycles. The van der Waals surface area contributed by atoms with Crippen molar-refractivity contribution in [3.05, 3.63) is 24.6 Å². The second-order valence-electron chi connectivity index (χ2n) is 2.01. The Hall–Kier alpha value is -1.78. The maximum atomic E-state index is 5.35. The largest absolute Gasteiger partial charge is 0.445 e. The Kier molecular flexibility index (Phi) is 1.15. The number of rotatable bonds is 1. The minimum absolute atomic E-state index is 0.376. The van der Waals surface area contributed by atoms with Gasteiger partial charge in [-0.15, -0.1) is 9.90 Å². The third-order valence-electron chi connectivity index (χ3n) is 1.21. The van der Waals surface area contributed by atoms with E-state index in [2.05, 4.69) is 10.2 Å². The summed E-state index contributed by atoms with van der Waals surface area (Å²) < 4.78 is 5.02. The van der Waals surface area contributed by atoms with Crippen LogP contribution in [0.1, 0.15) is 0 Å². The molecule has 0 atom stereocenters. The Morgan fingerprint density at radius 2 is 2.45 bits per heavy atom. The van der Waals surface area contributed by atoms with Crippen molar-refractivity contribution in [2.45, 2.75) is 0 Å². The van der Waals surface area contributed by atoms with Crippen molar-refractivity contribution in [1.82, 2.24) is 15.0 Å². The van der Waals surface area contributed by atoms with Gasteiger partial charge in [0.2, 0.25) is 5.88 Å². The van der Waals surface area contributed by atoms with Gasteiger partial charge in [0.15, 0.2) is 5.82 Å². The third kappa shape index (κ3) is 0.958. The fourth-order valence-corrected chi connectivity index (χ4v) is 0.765. The number of nitrogens with zero attached hydrogens (tertiary/aromatic N) is 3. The van der Waals surface area contributed by atoms with E-state index < -0.39 is 0 Å². The highest BCUT2D eigenvalue weighted by atomic mass is 16.3. The first-order valence-corrected chi connectivity index (χ1v) is 3.08. The number of anilines is 1. The van der Waals surface area contributed by atoms with Gasteiger partial charge in [0, 0.05) is 6.07 Å². The number of hydrogen-bond acceptors (Lipinski definition) is 4. The maximum Gasteiger partial charge on any atom is 0.238 e. The number of hydrogen-bond donors (Lipinski definition) is 1. The van der Waals surface area contributed by atoms with E-state index in [1.807, 2.05) is 0 Å². The molecule has 0 amide bonds. The maximum absolute atomic E-state index is 5.35. The van der Waals surface area contributed by atoms with Crippen LogP contribution in [0.4, 0.5) is 5.82 Å². The first-order chi connectivity index (χ1) is 5.36. The van der Waals surface area contributed by atoms with Gasteiger partial charge in [0.05, 0.1) is 12.5 Å². The van der Waals surface area contributed by atoms with Crippen molar-refractivity contribution in [2.24, 2.45) is 0 Å². The molecule has 0 aromatic carbocycles. The van der Waals surface area contributed by atoms with Crippen molar-refractivity contribution < 1.29 is 4.42 Å². The summed E-state index contributed by atoms with van der Waals surface area (Å²) in [5.74, 6) is 0.933. The smallest absolute Gasteiger partial charge is 0.238 e. The first-order valence-electron chi connectivity index (χ1n) is 3.08. The fourth-order valence-electron chi connectivity index (χ4n) is 0.765. The zero-order chi connectivity index (χ0) is 7.68. The van der Waals surface area contributed by atoms with Crippen LogP contribution in [0.15, 0.2) is 29.0 Å². The highest BCUT2D eigenvalue weighted by Gasteiger charge is 2.00. The normalized spacial score (nSPS) is 10.2. The molecule has 2 N–H and O–H groups in total. The monoisotopic (exact) mass is 150 g/mol. The summed E-state index contributed by atoms with van der Waals surface area (Å²) >= 11 is 0. The van der Waals surface area contributed by atoms with E-state index in [0.29, 0.717) is 11.7 Å². The molecule has 0 saturated carbocycles. The van der Waals surface area contributed by atoms with Crippen LogP contribution in [0.2, 0.25) is 0 Å². The van der Waals surface area contributed by atoms with Gasteiger partial charge < -0.3 is 10.2 Å². The van der Waals surface area contributed by atoms with Crippen LogP contribution in [-0.2, 0) is 0 Å². The fraction of sp³-hybridized carbons (Fsp3) is 0. The lowest BCUT2D eigenvalue weighted by molar-refractivity contribution is 0.500. The highest BCUT2D eigenvalue weighted by molar-refractivity contribution is 5.23. The summed E-state index contributed by atoms with van der Waals surface area (Å²) in [5, 5.41) is 7.69. The van der Waals surface area contributed by atoms with Crippen LogP contribution in [0.25, 0.3) is 5.88 Å². The average Bonchev–Trinajstić information content (AvgIpc) is 2.55. The molecule has 0 aliphatic rings. The molecule has 2 rings (SSSR count). The van der Waals surface area contributed by atoms with E-state index in [1.54, 1.807) is 18.4 Å². The Balaban J connectivity index is 2.45. The summed E-state index contributed by atoms with van der Waals surface area (Å²) in [7, 11) is 0. The van der Waals surface area contributed by atoms with E-state index in [-0.39, 0.29) is 0 Å². The van der Waals surface area contributed by atoms with Crippen LogP contribution in [0.3, 0.4) is 0 Å². The van der Waals surface area contributed by atoms with E-state index in [0.717, 1.165) is 0 Å². The molecule has 5 nitrogen and oxygen atoms in total. The minimum atomic E-state index is 0.376. The molecule has 0 unspecified atom stereocenters. The molecule has 0 aliphatic carbocycles. The summed E-state index contributed by atoms with van der Waals surface area (Å²) in [6.45, 7) is 0. The quantitative estimate of drug-likeness (QED) is 0.640. The summed E-state index contributed by atoms with van der Waals surface area (Å²) in [6, 6.07) is 3.51. The Morgan fingerprint density at radius 1 is 1.55 bits per heavy atom. The molecule has 5 heteroatoms. The van der Waals surface area contributed by atoms with Crippen molar-refractivity contribution in [3.8, 4) is 5.88 Å². The Bertz CT molecular complexity index is 337. The van der Waals surface area contributed by atoms with E-state index in [4.69, 9.17) is 10.2 Å². The number of nitrogen functional groups attached to an aromatic ring is 1. The van der Waals surface area contributed by atoms with Crippen molar-refractivity contribution in [3.63, 3.8) is 0 Å². The zero-order valence-corrected chi connectivity index (χ0v) is 5.64. The topological polar surface area (TPSA) is 69.9 Å². The minimum Gasteiger partial charge on any atom is -0.445 e. The molecule has 11 heavy (non-hydrogen) atoms. The molecule has 2 aromatic rings. The van der Waals surface area contributed by atoms with Crippen molar-refractivity contribution >= 4 is 5.82 Å². The molecular formula is C6H6N4O. The SMILES string of the molecule is Nc1cnn(-c2ccco2)n1. The molecular weight excluding hydrogens is 144 g/mol. The second kappa shape index (κ2) is 2.12. The molecule has 0 fully saturated rings. The highest BCUT2D eigenvalue weighted by Crippen LogP contribution is 2.04. The van der Waals surface area contributed by atoms with Crippen molar-refractivity contribution in [1.29, 1.82) is 0 Å². The van der Waals surface area contributed by atoms with Crippen LogP contribution in [-0.4, -0.2) is 15.0 Å². The number of nitrogens with two attached hydrogens (primary N) is 1. The predicted octanol–water partition coefficient (Wildman–Crippen LogP) is 0.443. The van der Waals surface area contributed by atoms with E-state index in [1.165, 1.54) is 11.0 Å². The number of furan rings is 1. The second-order valence-corrected chi connectivity index (χ2v) is 2.01. The van der Waals surface area contributed by atoms with Gasteiger partial charge in [0.1, 0.15) is 0 Å². The Labute approximate surface area is 62.4 Å². The van der Waals surface area contributed by atoms with Crippen LogP contribution < -0.4 is 5.73 Å². The van der Waals surface area contributed by atoms with Crippen LogP contribution in [0.5, 0.6) is 0 Å². The van der Waals surface area contributed by atoms with Gasteiger partial charge in [-0.2, -0.15) is 5.10 Å². The Morgan fingerprint density at radius 3 is 3.00 bits per heavy atom. The lowest BCUT2D eigenvalue weighted by atomic mass is 10.6. The molecule has 56 valence electrons. The first kappa shape index (κ1) is 5.96. The van der Waals surface area contributed by atoms with Crippen LogP contribution in [0, 0.1) is 0 Å². The lowest BCUT2D eigenvalue weighted by Crippen LogP contribution is -1.96. The van der Waals surface area contributed by atoms with E-state index in [9.17, 15) is 0 Å². The molecule has 0 bridgehead atoms. The van der Waals surface area contributed by atoms with Gasteiger partial charge in [-0.25, -0.2) is 0 Å².